The van der Waals surface area contributed by atoms with Crippen LogP contribution in [-0.4, -0.2) is 24.8 Å². The number of hydrogen-bond acceptors (Lipinski definition) is 4. The molecule has 0 spiro atoms. The van der Waals surface area contributed by atoms with E-state index in [1.807, 2.05) is 0 Å². The van der Waals surface area contributed by atoms with E-state index in [0.717, 1.165) is 11.1 Å². The van der Waals surface area contributed by atoms with Crippen molar-refractivity contribution in [1.82, 2.24) is 9.29 Å². The summed E-state index contributed by atoms with van der Waals surface area (Å²) in [6, 6.07) is 10.5. The first kappa shape index (κ1) is 14.5. The van der Waals surface area contributed by atoms with Crippen molar-refractivity contribution in [3.05, 3.63) is 59.9 Å². The summed E-state index contributed by atoms with van der Waals surface area (Å²) in [5, 5.41) is 0. The van der Waals surface area contributed by atoms with E-state index in [1.165, 1.54) is 4.31 Å². The van der Waals surface area contributed by atoms with Crippen LogP contribution in [0.3, 0.4) is 0 Å². The van der Waals surface area contributed by atoms with E-state index in [0.29, 0.717) is 12.2 Å². The molecule has 0 radical (unpaired) electrons. The summed E-state index contributed by atoms with van der Waals surface area (Å²) in [6.45, 7) is 0.333. The Bertz CT molecular complexity index is 655. The summed E-state index contributed by atoms with van der Waals surface area (Å²) in [7, 11) is -1.78. The van der Waals surface area contributed by atoms with Crippen molar-refractivity contribution in [2.24, 2.45) is 0 Å². The molecule has 0 saturated carbocycles. The number of nitrogens with two attached hydrogens (primary N) is 1. The molecular formula is C14H17N3O2S. The van der Waals surface area contributed by atoms with Gasteiger partial charge in [-0.3, -0.25) is 4.98 Å². The van der Waals surface area contributed by atoms with Gasteiger partial charge in [0.25, 0.3) is 0 Å². The van der Waals surface area contributed by atoms with Crippen LogP contribution in [0.2, 0.25) is 0 Å². The van der Waals surface area contributed by atoms with Gasteiger partial charge in [-0.25, -0.2) is 12.7 Å². The van der Waals surface area contributed by atoms with Gasteiger partial charge in [0.15, 0.2) is 0 Å². The van der Waals surface area contributed by atoms with Crippen LogP contribution >= 0.6 is 0 Å². The van der Waals surface area contributed by atoms with Crippen molar-refractivity contribution in [1.29, 1.82) is 0 Å². The van der Waals surface area contributed by atoms with Crippen LogP contribution in [0.1, 0.15) is 11.1 Å². The molecule has 0 aliphatic rings. The molecule has 0 amide bonds. The van der Waals surface area contributed by atoms with Gasteiger partial charge in [-0.05, 0) is 35.4 Å². The van der Waals surface area contributed by atoms with Gasteiger partial charge in [0.2, 0.25) is 10.0 Å². The number of anilines is 1. The molecule has 0 saturated heterocycles. The Kier molecular flexibility index (Phi) is 4.36. The fraction of sp³-hybridized carbons (Fsp3) is 0.214. The lowest BCUT2D eigenvalue weighted by atomic mass is 10.2. The Hall–Kier alpha value is -1.92. The van der Waals surface area contributed by atoms with Crippen molar-refractivity contribution in [2.45, 2.75) is 12.3 Å². The monoisotopic (exact) mass is 291 g/mol. The average Bonchev–Trinajstić information content (AvgIpc) is 2.42. The topological polar surface area (TPSA) is 76.3 Å². The highest BCUT2D eigenvalue weighted by atomic mass is 32.2. The van der Waals surface area contributed by atoms with E-state index >= 15 is 0 Å². The lowest BCUT2D eigenvalue weighted by Gasteiger charge is -2.17. The Morgan fingerprint density at radius 1 is 1.05 bits per heavy atom. The van der Waals surface area contributed by atoms with Crippen LogP contribution in [0, 0.1) is 0 Å². The van der Waals surface area contributed by atoms with E-state index in [-0.39, 0.29) is 5.75 Å². The molecule has 1 heterocycles. The van der Waals surface area contributed by atoms with E-state index in [2.05, 4.69) is 4.98 Å². The van der Waals surface area contributed by atoms with Crippen LogP contribution in [0.15, 0.2) is 48.8 Å². The molecule has 106 valence electrons. The Morgan fingerprint density at radius 2 is 1.65 bits per heavy atom. The Balaban J connectivity index is 2.08. The largest absolute Gasteiger partial charge is 0.399 e. The maximum Gasteiger partial charge on any atom is 0.218 e. The maximum atomic E-state index is 12.3. The van der Waals surface area contributed by atoms with Gasteiger partial charge < -0.3 is 5.73 Å². The molecule has 0 unspecified atom stereocenters. The van der Waals surface area contributed by atoms with Crippen molar-refractivity contribution >= 4 is 15.7 Å². The molecule has 2 rings (SSSR count). The highest BCUT2D eigenvalue weighted by molar-refractivity contribution is 7.88. The van der Waals surface area contributed by atoms with E-state index in [9.17, 15) is 8.42 Å². The summed E-state index contributed by atoms with van der Waals surface area (Å²) in [4.78, 5) is 3.91. The fourth-order valence-corrected chi connectivity index (χ4v) is 2.96. The van der Waals surface area contributed by atoms with E-state index < -0.39 is 10.0 Å². The second kappa shape index (κ2) is 6.02. The Labute approximate surface area is 119 Å². The lowest BCUT2D eigenvalue weighted by molar-refractivity contribution is 0.465. The van der Waals surface area contributed by atoms with Crippen LogP contribution in [0.5, 0.6) is 0 Å². The van der Waals surface area contributed by atoms with E-state index in [1.54, 1.807) is 55.8 Å². The lowest BCUT2D eigenvalue weighted by Crippen LogP contribution is -2.27. The SMILES string of the molecule is CN(Cc1ccncc1)S(=O)(=O)Cc1ccc(N)cc1. The zero-order valence-electron chi connectivity index (χ0n) is 11.2. The number of benzene rings is 1. The minimum atomic E-state index is -3.35. The number of nitrogen functional groups attached to an aromatic ring is 1. The minimum Gasteiger partial charge on any atom is -0.399 e. The highest BCUT2D eigenvalue weighted by Crippen LogP contribution is 2.14. The van der Waals surface area contributed by atoms with Crippen LogP contribution in [0.4, 0.5) is 5.69 Å². The molecule has 2 N–H and O–H groups in total. The van der Waals surface area contributed by atoms with Crippen molar-refractivity contribution < 1.29 is 8.42 Å². The van der Waals surface area contributed by atoms with Crippen molar-refractivity contribution in [2.75, 3.05) is 12.8 Å². The standard InChI is InChI=1S/C14H17N3O2S/c1-17(10-12-6-8-16-9-7-12)20(18,19)11-13-2-4-14(15)5-3-13/h2-9H,10-11,15H2,1H3. The molecule has 5 nitrogen and oxygen atoms in total. The number of rotatable bonds is 5. The van der Waals surface area contributed by atoms with E-state index in [4.69, 9.17) is 5.73 Å². The normalized spacial score (nSPS) is 11.7. The van der Waals surface area contributed by atoms with Gasteiger partial charge >= 0.3 is 0 Å². The summed E-state index contributed by atoms with van der Waals surface area (Å²) in [5.41, 5.74) is 7.84. The third-order valence-corrected chi connectivity index (χ3v) is 4.74. The molecule has 0 aliphatic heterocycles. The molecular weight excluding hydrogens is 274 g/mol. The van der Waals surface area contributed by atoms with Gasteiger partial charge in [-0.2, -0.15) is 0 Å². The molecule has 6 heteroatoms. The first-order chi connectivity index (χ1) is 9.47. The molecule has 0 atom stereocenters. The number of aromatic nitrogens is 1. The maximum absolute atomic E-state index is 12.3. The Morgan fingerprint density at radius 3 is 2.25 bits per heavy atom. The number of hydrogen-bond donors (Lipinski definition) is 1. The average molecular weight is 291 g/mol. The second-order valence-corrected chi connectivity index (χ2v) is 6.69. The molecule has 0 aliphatic carbocycles. The van der Waals surface area contributed by atoms with Crippen LogP contribution < -0.4 is 5.73 Å². The number of nitrogens with zero attached hydrogens (tertiary/aromatic N) is 2. The van der Waals surface area contributed by atoms with Gasteiger partial charge in [-0.15, -0.1) is 0 Å². The summed E-state index contributed by atoms with van der Waals surface area (Å²) < 4.78 is 25.9. The number of pyridine rings is 1. The summed E-state index contributed by atoms with van der Waals surface area (Å²) >= 11 is 0. The number of sulfonamides is 1. The molecule has 0 fully saturated rings. The first-order valence-corrected chi connectivity index (χ1v) is 7.75. The van der Waals surface area contributed by atoms with Crippen LogP contribution in [-0.2, 0) is 22.3 Å². The van der Waals surface area contributed by atoms with Gasteiger partial charge in [-0.1, -0.05) is 12.1 Å². The molecule has 1 aromatic carbocycles. The van der Waals surface area contributed by atoms with Gasteiger partial charge in [0.05, 0.1) is 5.75 Å². The first-order valence-electron chi connectivity index (χ1n) is 6.15. The second-order valence-electron chi connectivity index (χ2n) is 4.61. The van der Waals surface area contributed by atoms with Gasteiger partial charge in [0.1, 0.15) is 0 Å². The summed E-state index contributed by atoms with van der Waals surface area (Å²) in [6.07, 6.45) is 3.30. The van der Waals surface area contributed by atoms with Crippen molar-refractivity contribution in [3.8, 4) is 0 Å². The molecule has 2 aromatic rings. The third kappa shape index (κ3) is 3.79. The predicted molar refractivity (Wildman–Crippen MR) is 79.2 cm³/mol. The fourth-order valence-electron chi connectivity index (χ4n) is 1.78. The molecule has 20 heavy (non-hydrogen) atoms. The smallest absolute Gasteiger partial charge is 0.218 e. The molecule has 0 bridgehead atoms. The van der Waals surface area contributed by atoms with Crippen LogP contribution in [0.25, 0.3) is 0 Å². The quantitative estimate of drug-likeness (QED) is 0.849. The van der Waals surface area contributed by atoms with Gasteiger partial charge in [0, 0.05) is 31.7 Å². The third-order valence-electron chi connectivity index (χ3n) is 2.96. The zero-order valence-corrected chi connectivity index (χ0v) is 12.0. The molecule has 1 aromatic heterocycles. The summed E-state index contributed by atoms with van der Waals surface area (Å²) in [5.74, 6) is -0.0329. The van der Waals surface area contributed by atoms with Crippen molar-refractivity contribution in [3.63, 3.8) is 0 Å². The predicted octanol–water partition coefficient (Wildman–Crippen LogP) is 1.63. The minimum absolute atomic E-state index is 0.0329. The highest BCUT2D eigenvalue weighted by Gasteiger charge is 2.18. The zero-order chi connectivity index (χ0) is 14.6.